The molecule has 0 aromatic carbocycles. The number of nitrogens with one attached hydrogen (secondary N) is 1. The summed E-state index contributed by atoms with van der Waals surface area (Å²) in [5.41, 5.74) is 5.35. The predicted molar refractivity (Wildman–Crippen MR) is 56.5 cm³/mol. The first-order chi connectivity index (χ1) is 6.72. The molecule has 4 N–H and O–H groups in total. The van der Waals surface area contributed by atoms with Crippen LogP contribution in [0.2, 0.25) is 0 Å². The zero-order valence-electron chi connectivity index (χ0n) is 8.74. The van der Waals surface area contributed by atoms with Gasteiger partial charge in [-0.3, -0.25) is 0 Å². The van der Waals surface area contributed by atoms with Crippen LogP contribution < -0.4 is 11.1 Å². The second-order valence-electron chi connectivity index (χ2n) is 3.90. The van der Waals surface area contributed by atoms with Gasteiger partial charge in [0.15, 0.2) is 0 Å². The number of amidine groups is 1. The fourth-order valence-corrected chi connectivity index (χ4v) is 1.73. The summed E-state index contributed by atoms with van der Waals surface area (Å²) in [7, 11) is 2.14. The Bertz CT molecular complexity index is 195. The number of likely N-dealkylation sites (tertiary alicyclic amines) is 1. The zero-order chi connectivity index (χ0) is 10.4. The summed E-state index contributed by atoms with van der Waals surface area (Å²) in [4.78, 5) is 2.32. The minimum absolute atomic E-state index is 0.315. The molecule has 0 bridgehead atoms. The standard InChI is InChI=1S/C9H20N4O/c1-13-6-4-8(7-13)11-5-2-3-9(10)12-14/h8,11,14H,2-7H2,1H3,(H2,10,12). The van der Waals surface area contributed by atoms with Crippen molar-refractivity contribution >= 4 is 5.84 Å². The molecular weight excluding hydrogens is 180 g/mol. The molecule has 1 saturated heterocycles. The van der Waals surface area contributed by atoms with Crippen LogP contribution >= 0.6 is 0 Å². The normalized spacial score (nSPS) is 24.4. The molecule has 0 spiro atoms. The van der Waals surface area contributed by atoms with Gasteiger partial charge in [0.2, 0.25) is 0 Å². The van der Waals surface area contributed by atoms with E-state index in [-0.39, 0.29) is 0 Å². The molecule has 14 heavy (non-hydrogen) atoms. The third-order valence-corrected chi connectivity index (χ3v) is 2.56. The molecule has 1 rings (SSSR count). The number of rotatable bonds is 5. The lowest BCUT2D eigenvalue weighted by Crippen LogP contribution is -2.32. The van der Waals surface area contributed by atoms with E-state index in [9.17, 15) is 0 Å². The third kappa shape index (κ3) is 3.93. The molecule has 0 amide bonds. The minimum atomic E-state index is 0.315. The van der Waals surface area contributed by atoms with Crippen LogP contribution in [0, 0.1) is 0 Å². The Kier molecular flexibility index (Phi) is 4.69. The van der Waals surface area contributed by atoms with Crippen LogP contribution in [0.5, 0.6) is 0 Å². The maximum absolute atomic E-state index is 8.32. The van der Waals surface area contributed by atoms with Gasteiger partial charge in [-0.15, -0.1) is 0 Å². The van der Waals surface area contributed by atoms with Crippen LogP contribution in [0.1, 0.15) is 19.3 Å². The molecule has 5 heteroatoms. The van der Waals surface area contributed by atoms with Crippen molar-refractivity contribution in [1.29, 1.82) is 0 Å². The van der Waals surface area contributed by atoms with Crippen molar-refractivity contribution in [2.75, 3.05) is 26.7 Å². The number of hydrogen-bond acceptors (Lipinski definition) is 4. The van der Waals surface area contributed by atoms with Crippen molar-refractivity contribution < 1.29 is 5.21 Å². The summed E-state index contributed by atoms with van der Waals surface area (Å²) >= 11 is 0. The molecule has 1 fully saturated rings. The Morgan fingerprint density at radius 1 is 1.71 bits per heavy atom. The van der Waals surface area contributed by atoms with Crippen molar-refractivity contribution in [1.82, 2.24) is 10.2 Å². The molecular formula is C9H20N4O. The van der Waals surface area contributed by atoms with Gasteiger partial charge in [0.05, 0.1) is 0 Å². The highest BCUT2D eigenvalue weighted by atomic mass is 16.4. The van der Waals surface area contributed by atoms with Gasteiger partial charge >= 0.3 is 0 Å². The number of hydrogen-bond donors (Lipinski definition) is 3. The van der Waals surface area contributed by atoms with Crippen LogP contribution in [-0.4, -0.2) is 48.7 Å². The van der Waals surface area contributed by atoms with Crippen LogP contribution in [0.4, 0.5) is 0 Å². The van der Waals surface area contributed by atoms with Gasteiger partial charge in [-0.25, -0.2) is 0 Å². The molecule has 1 atom stereocenters. The summed E-state index contributed by atoms with van der Waals surface area (Å²) in [6, 6.07) is 0.618. The van der Waals surface area contributed by atoms with Crippen LogP contribution in [0.3, 0.4) is 0 Å². The Balaban J connectivity index is 1.99. The van der Waals surface area contributed by atoms with E-state index in [2.05, 4.69) is 22.4 Å². The molecule has 1 heterocycles. The van der Waals surface area contributed by atoms with Gasteiger partial charge in [-0.2, -0.15) is 0 Å². The highest BCUT2D eigenvalue weighted by molar-refractivity contribution is 5.79. The first kappa shape index (κ1) is 11.3. The van der Waals surface area contributed by atoms with E-state index < -0.39 is 0 Å². The van der Waals surface area contributed by atoms with E-state index >= 15 is 0 Å². The Labute approximate surface area is 84.9 Å². The molecule has 1 unspecified atom stereocenters. The van der Waals surface area contributed by atoms with Gasteiger partial charge in [-0.1, -0.05) is 5.16 Å². The van der Waals surface area contributed by atoms with E-state index in [4.69, 9.17) is 10.9 Å². The van der Waals surface area contributed by atoms with Gasteiger partial charge in [0.25, 0.3) is 0 Å². The Hall–Kier alpha value is -0.810. The van der Waals surface area contributed by atoms with Crippen LogP contribution in [0.25, 0.3) is 0 Å². The smallest absolute Gasteiger partial charge is 0.139 e. The number of likely N-dealkylation sites (N-methyl/N-ethyl adjacent to an activating group) is 1. The summed E-state index contributed by atoms with van der Waals surface area (Å²) in [6.07, 6.45) is 2.81. The topological polar surface area (TPSA) is 73.9 Å². The Morgan fingerprint density at radius 2 is 2.50 bits per heavy atom. The molecule has 82 valence electrons. The largest absolute Gasteiger partial charge is 0.409 e. The van der Waals surface area contributed by atoms with E-state index in [1.54, 1.807) is 0 Å². The molecule has 0 radical (unpaired) electrons. The molecule has 0 aliphatic carbocycles. The first-order valence-corrected chi connectivity index (χ1v) is 5.10. The van der Waals surface area contributed by atoms with E-state index in [1.807, 2.05) is 0 Å². The summed E-state index contributed by atoms with van der Waals surface area (Å²) in [5, 5.41) is 14.7. The van der Waals surface area contributed by atoms with Gasteiger partial charge in [0.1, 0.15) is 5.84 Å². The fraction of sp³-hybridized carbons (Fsp3) is 0.889. The van der Waals surface area contributed by atoms with Crippen molar-refractivity contribution in [2.45, 2.75) is 25.3 Å². The van der Waals surface area contributed by atoms with Crippen molar-refractivity contribution in [3.8, 4) is 0 Å². The highest BCUT2D eigenvalue weighted by Gasteiger charge is 2.17. The molecule has 1 aliphatic heterocycles. The number of nitrogens with zero attached hydrogens (tertiary/aromatic N) is 2. The number of oxime groups is 1. The molecule has 0 aromatic rings. The summed E-state index contributed by atoms with van der Waals surface area (Å²) in [6.45, 7) is 3.25. The lowest BCUT2D eigenvalue weighted by molar-refractivity contribution is 0.316. The maximum Gasteiger partial charge on any atom is 0.139 e. The highest BCUT2D eigenvalue weighted by Crippen LogP contribution is 2.05. The van der Waals surface area contributed by atoms with Gasteiger partial charge < -0.3 is 21.2 Å². The van der Waals surface area contributed by atoms with E-state index in [1.165, 1.54) is 13.0 Å². The second kappa shape index (κ2) is 5.82. The summed E-state index contributed by atoms with van der Waals surface area (Å²) in [5.74, 6) is 0.315. The molecule has 1 aliphatic rings. The average Bonchev–Trinajstić information content (AvgIpc) is 2.58. The van der Waals surface area contributed by atoms with Crippen molar-refractivity contribution in [3.05, 3.63) is 0 Å². The molecule has 0 saturated carbocycles. The lowest BCUT2D eigenvalue weighted by Gasteiger charge is -2.12. The number of nitrogens with two attached hydrogens (primary N) is 1. The first-order valence-electron chi connectivity index (χ1n) is 5.10. The average molecular weight is 200 g/mol. The Morgan fingerprint density at radius 3 is 3.07 bits per heavy atom. The predicted octanol–water partition coefficient (Wildman–Crippen LogP) is -0.193. The maximum atomic E-state index is 8.32. The van der Waals surface area contributed by atoms with Gasteiger partial charge in [-0.05, 0) is 33.0 Å². The monoisotopic (exact) mass is 200 g/mol. The van der Waals surface area contributed by atoms with Crippen molar-refractivity contribution in [2.24, 2.45) is 10.9 Å². The third-order valence-electron chi connectivity index (χ3n) is 2.56. The fourth-order valence-electron chi connectivity index (χ4n) is 1.73. The molecule has 5 nitrogen and oxygen atoms in total. The van der Waals surface area contributed by atoms with Crippen LogP contribution in [-0.2, 0) is 0 Å². The molecule has 0 aromatic heterocycles. The quantitative estimate of drug-likeness (QED) is 0.189. The minimum Gasteiger partial charge on any atom is -0.409 e. The van der Waals surface area contributed by atoms with E-state index in [0.29, 0.717) is 18.3 Å². The van der Waals surface area contributed by atoms with E-state index in [0.717, 1.165) is 19.5 Å². The zero-order valence-corrected chi connectivity index (χ0v) is 8.74. The lowest BCUT2D eigenvalue weighted by atomic mass is 10.2. The van der Waals surface area contributed by atoms with Crippen LogP contribution in [0.15, 0.2) is 5.16 Å². The SMILES string of the molecule is CN1CCC(NCCCC(N)=NO)C1. The summed E-state index contributed by atoms with van der Waals surface area (Å²) < 4.78 is 0. The second-order valence-corrected chi connectivity index (χ2v) is 3.90. The van der Waals surface area contributed by atoms with Crippen molar-refractivity contribution in [3.63, 3.8) is 0 Å². The van der Waals surface area contributed by atoms with Gasteiger partial charge in [0, 0.05) is 19.0 Å².